The predicted octanol–water partition coefficient (Wildman–Crippen LogP) is 9.24. The Labute approximate surface area is 246 Å². The van der Waals surface area contributed by atoms with Crippen LogP contribution in [0.2, 0.25) is 5.54 Å². The average molecular weight is 549 g/mol. The van der Waals surface area contributed by atoms with Gasteiger partial charge in [-0.2, -0.15) is 0 Å². The molecule has 0 N–H and O–H groups in total. The number of allylic oxidation sites excluding steroid dienone is 4. The van der Waals surface area contributed by atoms with E-state index < -0.39 is 8.07 Å². The van der Waals surface area contributed by atoms with Crippen LogP contribution in [0.25, 0.3) is 0 Å². The summed E-state index contributed by atoms with van der Waals surface area (Å²) in [5.74, 6) is 0. The number of benzene rings is 3. The lowest BCUT2D eigenvalue weighted by atomic mass is 10.1. The van der Waals surface area contributed by atoms with E-state index >= 15 is 0 Å². The summed E-state index contributed by atoms with van der Waals surface area (Å²) in [6.45, 7) is 16.4. The zero-order valence-electron chi connectivity index (χ0n) is 26.4. The van der Waals surface area contributed by atoms with E-state index in [1.54, 1.807) is 26.7 Å². The Morgan fingerprint density at radius 2 is 0.725 bits per heavy atom. The zero-order chi connectivity index (χ0) is 28.7. The molecule has 0 spiro atoms. The van der Waals surface area contributed by atoms with Crippen molar-refractivity contribution in [1.82, 2.24) is 0 Å². The smallest absolute Gasteiger partial charge is 0.0654 e. The van der Waals surface area contributed by atoms with E-state index in [2.05, 4.69) is 121 Å². The van der Waals surface area contributed by atoms with E-state index in [4.69, 9.17) is 0 Å². The summed E-state index contributed by atoms with van der Waals surface area (Å²) in [6, 6.07) is 29.7. The second kappa shape index (κ2) is 13.8. The van der Waals surface area contributed by atoms with Gasteiger partial charge in [0.25, 0.3) is 0 Å². The Hall–Kier alpha value is -2.64. The summed E-state index contributed by atoms with van der Waals surface area (Å²) >= 11 is 0. The van der Waals surface area contributed by atoms with E-state index in [-0.39, 0.29) is 0 Å². The Bertz CT molecular complexity index is 1150. The molecule has 0 bridgehead atoms. The number of unbranched alkanes of at least 4 members (excludes halogenated alkanes) is 3. The standard InChI is InChI=1S/C39H52Si/c1-8-11-14-33-17-23-36(24-18-33)40(39-31(6)29(4)30(5)32(39)7,37-25-19-34(20-26-37)15-12-9-2)38-27-21-35(22-28-38)16-13-10-3/h17-28,39H,8-16H2,1-7H3. The Morgan fingerprint density at radius 1 is 0.450 bits per heavy atom. The molecule has 212 valence electrons. The summed E-state index contributed by atoms with van der Waals surface area (Å²) in [5, 5.41) is 4.63. The SMILES string of the molecule is CCCCc1ccc([Si](c2ccc(CCCC)cc2)(c2ccc(CCCC)cc2)C2C(C)=C(C)C(C)=C2C)cc1. The van der Waals surface area contributed by atoms with Crippen molar-refractivity contribution in [1.29, 1.82) is 0 Å². The molecule has 0 fully saturated rings. The molecule has 0 saturated carbocycles. The van der Waals surface area contributed by atoms with Crippen LogP contribution in [0.4, 0.5) is 0 Å². The normalized spacial score (nSPS) is 14.5. The van der Waals surface area contributed by atoms with Crippen LogP contribution in [-0.4, -0.2) is 8.07 Å². The molecule has 0 saturated heterocycles. The van der Waals surface area contributed by atoms with Gasteiger partial charge in [0.15, 0.2) is 8.07 Å². The molecule has 0 unspecified atom stereocenters. The second-order valence-electron chi connectivity index (χ2n) is 12.3. The topological polar surface area (TPSA) is 0 Å². The van der Waals surface area contributed by atoms with Crippen LogP contribution in [0.5, 0.6) is 0 Å². The van der Waals surface area contributed by atoms with Crippen LogP contribution in [0, 0.1) is 0 Å². The first-order valence-corrected chi connectivity index (χ1v) is 18.1. The molecule has 1 aliphatic carbocycles. The van der Waals surface area contributed by atoms with Gasteiger partial charge in [-0.3, -0.25) is 0 Å². The third-order valence-corrected chi connectivity index (χ3v) is 15.2. The number of hydrogen-bond acceptors (Lipinski definition) is 0. The molecule has 3 aromatic rings. The number of hydrogen-bond donors (Lipinski definition) is 0. The van der Waals surface area contributed by atoms with Gasteiger partial charge in [-0.25, -0.2) is 0 Å². The molecular weight excluding hydrogens is 497 g/mol. The Kier molecular flexibility index (Phi) is 10.5. The Morgan fingerprint density at radius 3 is 0.975 bits per heavy atom. The molecule has 0 aliphatic heterocycles. The second-order valence-corrected chi connectivity index (χ2v) is 16.2. The number of aryl methyl sites for hydroxylation is 3. The van der Waals surface area contributed by atoms with Crippen molar-refractivity contribution in [2.75, 3.05) is 0 Å². The van der Waals surface area contributed by atoms with Crippen molar-refractivity contribution in [3.8, 4) is 0 Å². The molecule has 40 heavy (non-hydrogen) atoms. The molecule has 0 nitrogen and oxygen atoms in total. The van der Waals surface area contributed by atoms with Gasteiger partial charge in [-0.05, 0) is 110 Å². The lowest BCUT2D eigenvalue weighted by Gasteiger charge is -2.41. The third-order valence-electron chi connectivity index (χ3n) is 9.73. The van der Waals surface area contributed by atoms with E-state index in [1.165, 1.54) is 85.6 Å². The summed E-state index contributed by atoms with van der Waals surface area (Å²) < 4.78 is 0. The molecule has 1 aliphatic rings. The third kappa shape index (κ3) is 6.01. The largest absolute Gasteiger partial charge is 0.159 e. The molecule has 0 amide bonds. The molecule has 0 aromatic heterocycles. The van der Waals surface area contributed by atoms with Crippen molar-refractivity contribution in [3.63, 3.8) is 0 Å². The predicted molar refractivity (Wildman–Crippen MR) is 180 cm³/mol. The lowest BCUT2D eigenvalue weighted by Crippen LogP contribution is -2.70. The summed E-state index contributed by atoms with van der Waals surface area (Å²) in [5.41, 5.74) is 11.0. The highest BCUT2D eigenvalue weighted by atomic mass is 28.3. The van der Waals surface area contributed by atoms with Crippen molar-refractivity contribution in [3.05, 3.63) is 112 Å². The van der Waals surface area contributed by atoms with Gasteiger partial charge in [0.1, 0.15) is 0 Å². The summed E-state index contributed by atoms with van der Waals surface area (Å²) in [4.78, 5) is 0. The first-order valence-electron chi connectivity index (χ1n) is 16.0. The molecular formula is C39H52Si. The van der Waals surface area contributed by atoms with Gasteiger partial charge < -0.3 is 0 Å². The van der Waals surface area contributed by atoms with E-state index in [9.17, 15) is 0 Å². The maximum absolute atomic E-state index is 2.51. The highest BCUT2D eigenvalue weighted by Crippen LogP contribution is 2.46. The lowest BCUT2D eigenvalue weighted by molar-refractivity contribution is 0.795. The minimum atomic E-state index is -2.48. The first kappa shape index (κ1) is 30.3. The van der Waals surface area contributed by atoms with Crippen LogP contribution < -0.4 is 15.6 Å². The van der Waals surface area contributed by atoms with Gasteiger partial charge in [0, 0.05) is 5.54 Å². The molecule has 0 heterocycles. The van der Waals surface area contributed by atoms with Gasteiger partial charge in [-0.1, -0.05) is 124 Å². The van der Waals surface area contributed by atoms with E-state index in [1.807, 2.05) is 0 Å². The van der Waals surface area contributed by atoms with Crippen molar-refractivity contribution < 1.29 is 0 Å². The first-order chi connectivity index (χ1) is 19.4. The molecule has 0 atom stereocenters. The van der Waals surface area contributed by atoms with Crippen LogP contribution in [0.15, 0.2) is 95.1 Å². The van der Waals surface area contributed by atoms with Gasteiger partial charge in [0.2, 0.25) is 0 Å². The average Bonchev–Trinajstić information content (AvgIpc) is 3.18. The van der Waals surface area contributed by atoms with Crippen LogP contribution in [0.1, 0.15) is 104 Å². The number of rotatable bonds is 13. The van der Waals surface area contributed by atoms with Crippen LogP contribution in [-0.2, 0) is 19.3 Å². The van der Waals surface area contributed by atoms with Gasteiger partial charge in [-0.15, -0.1) is 0 Å². The quantitative estimate of drug-likeness (QED) is 0.147. The van der Waals surface area contributed by atoms with Crippen molar-refractivity contribution in [2.45, 2.75) is 112 Å². The van der Waals surface area contributed by atoms with Crippen molar-refractivity contribution >= 4 is 23.6 Å². The fraction of sp³-hybridized carbons (Fsp3) is 0.436. The van der Waals surface area contributed by atoms with Crippen LogP contribution >= 0.6 is 0 Å². The van der Waals surface area contributed by atoms with Crippen molar-refractivity contribution in [2.24, 2.45) is 0 Å². The maximum atomic E-state index is 2.51. The molecule has 3 aromatic carbocycles. The maximum Gasteiger partial charge on any atom is 0.159 e. The van der Waals surface area contributed by atoms with Crippen LogP contribution in [0.3, 0.4) is 0 Å². The van der Waals surface area contributed by atoms with E-state index in [0.29, 0.717) is 5.54 Å². The fourth-order valence-electron chi connectivity index (χ4n) is 6.94. The molecule has 0 radical (unpaired) electrons. The summed E-state index contributed by atoms with van der Waals surface area (Å²) in [7, 11) is -2.48. The highest BCUT2D eigenvalue weighted by Gasteiger charge is 2.50. The minimum absolute atomic E-state index is 0.428. The fourth-order valence-corrected chi connectivity index (χ4v) is 12.8. The molecule has 4 rings (SSSR count). The monoisotopic (exact) mass is 548 g/mol. The minimum Gasteiger partial charge on any atom is -0.0654 e. The van der Waals surface area contributed by atoms with Gasteiger partial charge in [0.05, 0.1) is 0 Å². The van der Waals surface area contributed by atoms with Gasteiger partial charge >= 0.3 is 0 Å². The Balaban J connectivity index is 1.98. The van der Waals surface area contributed by atoms with E-state index in [0.717, 1.165) is 0 Å². The zero-order valence-corrected chi connectivity index (χ0v) is 27.4. The highest BCUT2D eigenvalue weighted by molar-refractivity contribution is 7.13. The summed E-state index contributed by atoms with van der Waals surface area (Å²) in [6.07, 6.45) is 11.0. The molecule has 1 heteroatoms.